The second-order valence-electron chi connectivity index (χ2n) is 6.11. The fourth-order valence-electron chi connectivity index (χ4n) is 2.43. The highest BCUT2D eigenvalue weighted by Gasteiger charge is 2.21. The van der Waals surface area contributed by atoms with E-state index in [9.17, 15) is 0 Å². The van der Waals surface area contributed by atoms with Gasteiger partial charge in [0.15, 0.2) is 5.96 Å². The number of nitrogens with zero attached hydrogens (tertiary/aromatic N) is 2. The molecule has 0 saturated carbocycles. The van der Waals surface area contributed by atoms with Gasteiger partial charge in [0.25, 0.3) is 0 Å². The van der Waals surface area contributed by atoms with Crippen LogP contribution in [0.5, 0.6) is 0 Å². The van der Waals surface area contributed by atoms with Crippen LogP contribution in [0.4, 0.5) is 0 Å². The van der Waals surface area contributed by atoms with Gasteiger partial charge in [-0.2, -0.15) is 0 Å². The summed E-state index contributed by atoms with van der Waals surface area (Å²) >= 11 is 0. The molecular formula is C15H33IN4O. The lowest BCUT2D eigenvalue weighted by atomic mass is 10.0. The summed E-state index contributed by atoms with van der Waals surface area (Å²) in [6.45, 7) is 13.2. The average molecular weight is 412 g/mol. The highest BCUT2D eigenvalue weighted by Crippen LogP contribution is 2.13. The van der Waals surface area contributed by atoms with Gasteiger partial charge in [0.2, 0.25) is 0 Å². The van der Waals surface area contributed by atoms with Gasteiger partial charge in [0.05, 0.1) is 19.8 Å². The second kappa shape index (κ2) is 11.5. The molecule has 1 heterocycles. The van der Waals surface area contributed by atoms with Crippen LogP contribution < -0.4 is 11.1 Å². The van der Waals surface area contributed by atoms with Crippen LogP contribution in [0, 0.1) is 5.92 Å². The molecular weight excluding hydrogens is 379 g/mol. The van der Waals surface area contributed by atoms with Crippen molar-refractivity contribution in [2.45, 2.75) is 52.6 Å². The largest absolute Gasteiger partial charge is 0.379 e. The quantitative estimate of drug-likeness (QED) is 0.382. The Kier molecular flexibility index (Phi) is 11.4. The molecule has 6 heteroatoms. The van der Waals surface area contributed by atoms with Crippen molar-refractivity contribution in [3.63, 3.8) is 0 Å². The number of hydrogen-bond acceptors (Lipinski definition) is 3. The summed E-state index contributed by atoms with van der Waals surface area (Å²) in [5, 5.41) is 3.23. The first-order valence-electron chi connectivity index (χ1n) is 7.91. The van der Waals surface area contributed by atoms with Crippen LogP contribution in [0.3, 0.4) is 0 Å². The first kappa shape index (κ1) is 20.9. The predicted molar refractivity (Wildman–Crippen MR) is 100 cm³/mol. The maximum atomic E-state index is 5.95. The summed E-state index contributed by atoms with van der Waals surface area (Å²) in [5.41, 5.74) is 5.95. The highest BCUT2D eigenvalue weighted by atomic mass is 127. The molecule has 21 heavy (non-hydrogen) atoms. The minimum atomic E-state index is 0. The summed E-state index contributed by atoms with van der Waals surface area (Å²) in [5.74, 6) is 1.24. The van der Waals surface area contributed by atoms with E-state index < -0.39 is 0 Å². The minimum absolute atomic E-state index is 0. The molecule has 2 atom stereocenters. The Morgan fingerprint density at radius 3 is 2.43 bits per heavy atom. The molecule has 0 radical (unpaired) electrons. The summed E-state index contributed by atoms with van der Waals surface area (Å²) < 4.78 is 5.43. The Bertz CT molecular complexity index is 293. The molecule has 0 aromatic carbocycles. The Hall–Kier alpha value is -0.0800. The first-order chi connectivity index (χ1) is 9.52. The lowest BCUT2D eigenvalue weighted by Crippen LogP contribution is -2.46. The van der Waals surface area contributed by atoms with Gasteiger partial charge < -0.3 is 15.8 Å². The van der Waals surface area contributed by atoms with Crippen LogP contribution >= 0.6 is 24.0 Å². The zero-order chi connectivity index (χ0) is 15.0. The number of ether oxygens (including phenoxy) is 1. The SMILES string of the molecule is CCC(C)NC(N)=NCC(CC(C)C)N1CCOCC1.I. The monoisotopic (exact) mass is 412 g/mol. The molecule has 3 N–H and O–H groups in total. The number of morpholine rings is 1. The average Bonchev–Trinajstić information content (AvgIpc) is 2.43. The normalized spacial score (nSPS) is 20.0. The fourth-order valence-corrected chi connectivity index (χ4v) is 2.43. The van der Waals surface area contributed by atoms with E-state index in [4.69, 9.17) is 10.5 Å². The van der Waals surface area contributed by atoms with E-state index in [1.165, 1.54) is 0 Å². The predicted octanol–water partition coefficient (Wildman–Crippen LogP) is 2.05. The Morgan fingerprint density at radius 2 is 1.90 bits per heavy atom. The van der Waals surface area contributed by atoms with E-state index in [0.29, 0.717) is 24.0 Å². The lowest BCUT2D eigenvalue weighted by molar-refractivity contribution is 0.0143. The van der Waals surface area contributed by atoms with Crippen molar-refractivity contribution in [2.24, 2.45) is 16.6 Å². The third-order valence-corrected chi connectivity index (χ3v) is 3.78. The zero-order valence-electron chi connectivity index (χ0n) is 14.0. The van der Waals surface area contributed by atoms with Crippen LogP contribution in [0.1, 0.15) is 40.5 Å². The van der Waals surface area contributed by atoms with Crippen LogP contribution in [-0.4, -0.2) is 55.8 Å². The van der Waals surface area contributed by atoms with Crippen LogP contribution in [0.2, 0.25) is 0 Å². The summed E-state index contributed by atoms with van der Waals surface area (Å²) in [6.07, 6.45) is 2.20. The first-order valence-corrected chi connectivity index (χ1v) is 7.91. The maximum absolute atomic E-state index is 5.95. The van der Waals surface area contributed by atoms with Crippen molar-refractivity contribution < 1.29 is 4.74 Å². The molecule has 0 aliphatic carbocycles. The molecule has 1 saturated heterocycles. The van der Waals surface area contributed by atoms with Gasteiger partial charge in [-0.15, -0.1) is 24.0 Å². The van der Waals surface area contributed by atoms with Crippen molar-refractivity contribution in [1.29, 1.82) is 0 Å². The van der Waals surface area contributed by atoms with E-state index >= 15 is 0 Å². The summed E-state index contributed by atoms with van der Waals surface area (Å²) in [7, 11) is 0. The van der Waals surface area contributed by atoms with E-state index in [1.54, 1.807) is 0 Å². The maximum Gasteiger partial charge on any atom is 0.188 e. The van der Waals surface area contributed by atoms with Crippen molar-refractivity contribution in [3.05, 3.63) is 0 Å². The van der Waals surface area contributed by atoms with Crippen molar-refractivity contribution in [3.8, 4) is 0 Å². The molecule has 0 aromatic rings. The molecule has 126 valence electrons. The van der Waals surface area contributed by atoms with Gasteiger partial charge in [-0.3, -0.25) is 9.89 Å². The standard InChI is InChI=1S/C15H32N4O.HI/c1-5-13(4)18-15(16)17-11-14(10-12(2)3)19-6-8-20-9-7-19;/h12-14H,5-11H2,1-4H3,(H3,16,17,18);1H. The molecule has 2 unspecified atom stereocenters. The number of halogens is 1. The highest BCUT2D eigenvalue weighted by molar-refractivity contribution is 14.0. The number of hydrogen-bond donors (Lipinski definition) is 2. The number of rotatable bonds is 7. The van der Waals surface area contributed by atoms with Gasteiger partial charge in [-0.05, 0) is 25.7 Å². The van der Waals surface area contributed by atoms with Gasteiger partial charge in [0.1, 0.15) is 0 Å². The van der Waals surface area contributed by atoms with Gasteiger partial charge >= 0.3 is 0 Å². The van der Waals surface area contributed by atoms with Gasteiger partial charge in [0, 0.05) is 25.2 Å². The third kappa shape index (κ3) is 8.83. The second-order valence-corrected chi connectivity index (χ2v) is 6.11. The Balaban J connectivity index is 0.00000400. The molecule has 1 aliphatic heterocycles. The summed E-state index contributed by atoms with van der Waals surface area (Å²) in [6, 6.07) is 0.849. The topological polar surface area (TPSA) is 62.9 Å². The van der Waals surface area contributed by atoms with Crippen molar-refractivity contribution in [2.75, 3.05) is 32.8 Å². The zero-order valence-corrected chi connectivity index (χ0v) is 16.3. The van der Waals surface area contributed by atoms with Crippen molar-refractivity contribution in [1.82, 2.24) is 10.2 Å². The van der Waals surface area contributed by atoms with Gasteiger partial charge in [-0.1, -0.05) is 20.8 Å². The van der Waals surface area contributed by atoms with Gasteiger partial charge in [-0.25, -0.2) is 0 Å². The van der Waals surface area contributed by atoms with Crippen LogP contribution in [0.25, 0.3) is 0 Å². The number of aliphatic imine (C=N–C) groups is 1. The van der Waals surface area contributed by atoms with Crippen LogP contribution in [-0.2, 0) is 4.74 Å². The molecule has 0 bridgehead atoms. The molecule has 0 aromatic heterocycles. The number of guanidine groups is 1. The van der Waals surface area contributed by atoms with Crippen molar-refractivity contribution >= 4 is 29.9 Å². The Morgan fingerprint density at radius 1 is 1.29 bits per heavy atom. The number of nitrogens with two attached hydrogens (primary N) is 1. The molecule has 0 spiro atoms. The molecule has 0 amide bonds. The van der Waals surface area contributed by atoms with Crippen LogP contribution in [0.15, 0.2) is 4.99 Å². The summed E-state index contributed by atoms with van der Waals surface area (Å²) in [4.78, 5) is 7.03. The molecule has 1 fully saturated rings. The minimum Gasteiger partial charge on any atom is -0.379 e. The van der Waals surface area contributed by atoms with E-state index in [-0.39, 0.29) is 24.0 Å². The molecule has 1 rings (SSSR count). The Labute approximate surface area is 147 Å². The van der Waals surface area contributed by atoms with E-state index in [2.05, 4.69) is 42.9 Å². The fraction of sp³-hybridized carbons (Fsp3) is 0.933. The van der Waals surface area contributed by atoms with E-state index in [0.717, 1.165) is 45.7 Å². The lowest BCUT2D eigenvalue weighted by Gasteiger charge is -2.34. The van der Waals surface area contributed by atoms with E-state index in [1.807, 2.05) is 0 Å². The number of nitrogens with one attached hydrogen (secondary N) is 1. The molecule has 1 aliphatic rings. The third-order valence-electron chi connectivity index (χ3n) is 3.78. The molecule has 5 nitrogen and oxygen atoms in total. The smallest absolute Gasteiger partial charge is 0.188 e.